The third-order valence-corrected chi connectivity index (χ3v) is 9.93. The largest absolute Gasteiger partial charge is 0.355 e. The standard InChI is InChI=1S/C37H48N4/c1-9-22-24(11-3)32-18-34-26(13-5)28(15-7)36-20-37-29(16-8)27(14-6)35(41(37)21-40(34)36)19-33-25(12-4)23(10-2)31(39-33)17-30(22)38-32/h17-20,38-39H,9-16,21H2,1-8H3/b30-17-,31-17?,32-18-,33-19?,34-18?,35-19-. The molecule has 2 aliphatic heterocycles. The minimum atomic E-state index is 0.857. The zero-order chi connectivity index (χ0) is 29.0. The minimum Gasteiger partial charge on any atom is -0.355 e. The molecule has 4 heteroatoms. The van der Waals surface area contributed by atoms with Gasteiger partial charge in [-0.05, 0) is 120 Å². The number of hydrogen-bond acceptors (Lipinski definition) is 0. The fraction of sp³-hybridized carbons (Fsp3) is 0.459. The number of nitrogens with zero attached hydrogens (tertiary/aromatic N) is 2. The molecule has 0 fully saturated rings. The van der Waals surface area contributed by atoms with Crippen molar-refractivity contribution in [3.05, 3.63) is 88.7 Å². The number of rotatable bonds is 8. The Balaban J connectivity index is 1.87. The molecule has 4 aromatic heterocycles. The predicted octanol–water partition coefficient (Wildman–Crippen LogP) is 4.89. The van der Waals surface area contributed by atoms with Gasteiger partial charge in [-0.15, -0.1) is 0 Å². The summed E-state index contributed by atoms with van der Waals surface area (Å²) in [5.41, 5.74) is 17.2. The van der Waals surface area contributed by atoms with Crippen molar-refractivity contribution in [3.63, 3.8) is 0 Å². The SMILES string of the molecule is CCc1c2[nH]c(c1CC)/C=c1/c(CC)c(CC)c3n1Cn1c(c(CC)c(CC)c1/C=c1\[nH]/c(c(CC)c1CC)=C\2)C=3. The number of fused-ring (bicyclic) bond motifs is 4. The summed E-state index contributed by atoms with van der Waals surface area (Å²) in [6.07, 6.45) is 18.2. The maximum atomic E-state index is 3.93. The Hall–Kier alpha value is -3.40. The Kier molecular flexibility index (Phi) is 7.30. The molecule has 6 heterocycles. The van der Waals surface area contributed by atoms with E-state index in [1.807, 2.05) is 0 Å². The lowest BCUT2D eigenvalue weighted by molar-refractivity contribution is 0.564. The Labute approximate surface area is 245 Å². The van der Waals surface area contributed by atoms with Crippen LogP contribution in [0.2, 0.25) is 0 Å². The molecule has 0 aliphatic carbocycles. The van der Waals surface area contributed by atoms with Crippen LogP contribution in [0.25, 0.3) is 24.3 Å². The van der Waals surface area contributed by atoms with E-state index in [0.29, 0.717) is 0 Å². The van der Waals surface area contributed by atoms with Crippen LogP contribution in [0.5, 0.6) is 0 Å². The molecule has 0 unspecified atom stereocenters. The summed E-state index contributed by atoms with van der Waals surface area (Å²) in [7, 11) is 0. The lowest BCUT2D eigenvalue weighted by Crippen LogP contribution is -2.35. The highest BCUT2D eigenvalue weighted by Gasteiger charge is 2.25. The summed E-state index contributed by atoms with van der Waals surface area (Å²) in [5.74, 6) is 0. The van der Waals surface area contributed by atoms with Crippen molar-refractivity contribution in [1.82, 2.24) is 19.1 Å². The predicted molar refractivity (Wildman–Crippen MR) is 174 cm³/mol. The lowest BCUT2D eigenvalue weighted by Gasteiger charge is -2.18. The van der Waals surface area contributed by atoms with Crippen molar-refractivity contribution >= 4 is 24.3 Å². The van der Waals surface area contributed by atoms with Crippen LogP contribution in [0.1, 0.15) is 123 Å². The van der Waals surface area contributed by atoms with Crippen LogP contribution in [0.4, 0.5) is 0 Å². The van der Waals surface area contributed by atoms with Gasteiger partial charge in [0.05, 0.1) is 6.67 Å². The number of nitrogens with one attached hydrogen (secondary N) is 2. The van der Waals surface area contributed by atoms with Crippen LogP contribution in [-0.4, -0.2) is 19.1 Å². The van der Waals surface area contributed by atoms with Crippen molar-refractivity contribution in [2.45, 2.75) is 113 Å². The molecular weight excluding hydrogens is 500 g/mol. The third-order valence-electron chi connectivity index (χ3n) is 9.93. The van der Waals surface area contributed by atoms with E-state index in [-0.39, 0.29) is 0 Å². The number of aromatic nitrogens is 4. The molecule has 6 rings (SSSR count). The van der Waals surface area contributed by atoms with E-state index in [1.165, 1.54) is 88.7 Å². The molecule has 0 radical (unpaired) electrons. The molecule has 0 spiro atoms. The molecule has 0 aromatic carbocycles. The van der Waals surface area contributed by atoms with E-state index < -0.39 is 0 Å². The Morgan fingerprint density at radius 1 is 0.439 bits per heavy atom. The van der Waals surface area contributed by atoms with Gasteiger partial charge in [0, 0.05) is 44.2 Å². The third kappa shape index (κ3) is 4.00. The van der Waals surface area contributed by atoms with Crippen molar-refractivity contribution in [2.24, 2.45) is 0 Å². The first-order valence-electron chi connectivity index (χ1n) is 16.3. The summed E-state index contributed by atoms with van der Waals surface area (Å²) in [5, 5.41) is 5.33. The lowest BCUT2D eigenvalue weighted by atomic mass is 10.0. The molecule has 4 aromatic rings. The van der Waals surface area contributed by atoms with Gasteiger partial charge in [-0.3, -0.25) is 0 Å². The first-order chi connectivity index (χ1) is 20.0. The highest BCUT2D eigenvalue weighted by molar-refractivity contribution is 5.67. The molecular formula is C37H48N4. The summed E-state index contributed by atoms with van der Waals surface area (Å²) in [4.78, 5) is 7.85. The average molecular weight is 549 g/mol. The fourth-order valence-corrected chi connectivity index (χ4v) is 8.11. The van der Waals surface area contributed by atoms with Crippen LogP contribution >= 0.6 is 0 Å². The molecule has 0 amide bonds. The fourth-order valence-electron chi connectivity index (χ4n) is 8.11. The van der Waals surface area contributed by atoms with Gasteiger partial charge in [-0.25, -0.2) is 0 Å². The van der Waals surface area contributed by atoms with Gasteiger partial charge >= 0.3 is 0 Å². The zero-order valence-corrected chi connectivity index (χ0v) is 26.6. The molecule has 0 saturated carbocycles. The first-order valence-corrected chi connectivity index (χ1v) is 16.3. The topological polar surface area (TPSA) is 41.4 Å². The monoisotopic (exact) mass is 548 g/mol. The second-order valence-corrected chi connectivity index (χ2v) is 11.7. The second-order valence-electron chi connectivity index (χ2n) is 11.7. The highest BCUT2D eigenvalue weighted by Crippen LogP contribution is 2.29. The maximum Gasteiger partial charge on any atom is 0.1000 e. The Morgan fingerprint density at radius 2 is 0.878 bits per heavy atom. The quantitative estimate of drug-likeness (QED) is 0.272. The van der Waals surface area contributed by atoms with Crippen LogP contribution in [-0.2, 0) is 58.0 Å². The van der Waals surface area contributed by atoms with Crippen LogP contribution < -0.4 is 21.4 Å². The summed E-state index contributed by atoms with van der Waals surface area (Å²) in [6.45, 7) is 19.4. The van der Waals surface area contributed by atoms with Crippen molar-refractivity contribution in [1.29, 1.82) is 0 Å². The average Bonchev–Trinajstić information content (AvgIpc) is 3.68. The van der Waals surface area contributed by atoms with Crippen molar-refractivity contribution in [2.75, 3.05) is 0 Å². The molecule has 0 saturated heterocycles. The number of H-pyrrole nitrogens is 2. The smallest absolute Gasteiger partial charge is 0.1000 e. The van der Waals surface area contributed by atoms with E-state index in [0.717, 1.165) is 58.0 Å². The molecule has 216 valence electrons. The second kappa shape index (κ2) is 10.8. The van der Waals surface area contributed by atoms with Crippen LogP contribution in [0.3, 0.4) is 0 Å². The summed E-state index contributed by atoms with van der Waals surface area (Å²) in [6, 6.07) is 0. The zero-order valence-electron chi connectivity index (χ0n) is 26.6. The minimum absolute atomic E-state index is 0.857. The van der Waals surface area contributed by atoms with Crippen LogP contribution in [0, 0.1) is 0 Å². The van der Waals surface area contributed by atoms with Gasteiger partial charge in [-0.1, -0.05) is 55.4 Å². The van der Waals surface area contributed by atoms with Gasteiger partial charge in [0.25, 0.3) is 0 Å². The Bertz CT molecular complexity index is 1890. The summed E-state index contributed by atoms with van der Waals surface area (Å²) >= 11 is 0. The molecule has 4 nitrogen and oxygen atoms in total. The highest BCUT2D eigenvalue weighted by atomic mass is 15.2. The van der Waals surface area contributed by atoms with Gasteiger partial charge in [0.1, 0.15) is 0 Å². The van der Waals surface area contributed by atoms with E-state index in [2.05, 4.69) is 98.8 Å². The van der Waals surface area contributed by atoms with E-state index >= 15 is 0 Å². The molecule has 2 N–H and O–H groups in total. The van der Waals surface area contributed by atoms with Gasteiger partial charge in [-0.2, -0.15) is 0 Å². The van der Waals surface area contributed by atoms with Crippen molar-refractivity contribution < 1.29 is 0 Å². The molecule has 41 heavy (non-hydrogen) atoms. The van der Waals surface area contributed by atoms with Gasteiger partial charge < -0.3 is 19.1 Å². The molecule has 0 atom stereocenters. The van der Waals surface area contributed by atoms with E-state index in [9.17, 15) is 0 Å². The number of hydrogen-bond donors (Lipinski definition) is 2. The molecule has 2 aliphatic rings. The summed E-state index contributed by atoms with van der Waals surface area (Å²) < 4.78 is 5.22. The van der Waals surface area contributed by atoms with Crippen LogP contribution in [0.15, 0.2) is 0 Å². The van der Waals surface area contributed by atoms with Gasteiger partial charge in [0.15, 0.2) is 0 Å². The normalized spacial score (nSPS) is 15.9. The maximum absolute atomic E-state index is 3.93. The van der Waals surface area contributed by atoms with Crippen molar-refractivity contribution in [3.8, 4) is 0 Å². The number of aromatic amines is 2. The molecule has 6 bridgehead atoms. The van der Waals surface area contributed by atoms with E-state index in [4.69, 9.17) is 0 Å². The Morgan fingerprint density at radius 3 is 1.39 bits per heavy atom. The van der Waals surface area contributed by atoms with E-state index in [1.54, 1.807) is 0 Å². The van der Waals surface area contributed by atoms with Gasteiger partial charge in [0.2, 0.25) is 0 Å². The first kappa shape index (κ1) is 27.8.